The van der Waals surface area contributed by atoms with Gasteiger partial charge in [-0.15, -0.1) is 0 Å². The van der Waals surface area contributed by atoms with Crippen LogP contribution in [-0.2, 0) is 4.79 Å². The van der Waals surface area contributed by atoms with E-state index in [4.69, 9.17) is 9.51 Å². The summed E-state index contributed by atoms with van der Waals surface area (Å²) in [7, 11) is 0. The molecule has 0 atom stereocenters. The highest BCUT2D eigenvalue weighted by Crippen LogP contribution is 2.33. The van der Waals surface area contributed by atoms with E-state index < -0.39 is 0 Å². The van der Waals surface area contributed by atoms with Gasteiger partial charge in [0.1, 0.15) is 17.0 Å². The Labute approximate surface area is 169 Å². The standard InChI is InChI=1S/C21H26N6O2/c1-14-13-18(25-29-14)20-24-17-3-2-8-23-19(17)27(20)16-6-11-26(12-7-16)21(28)15-4-9-22-10-5-15/h2-3,8,13,15-16,22H,4-7,9-12H2,1H3. The van der Waals surface area contributed by atoms with Crippen LogP contribution >= 0.6 is 0 Å². The fourth-order valence-corrected chi connectivity index (χ4v) is 4.60. The van der Waals surface area contributed by atoms with E-state index in [1.165, 1.54) is 0 Å². The Hall–Kier alpha value is -2.74. The van der Waals surface area contributed by atoms with Crippen molar-refractivity contribution in [1.29, 1.82) is 0 Å². The molecular weight excluding hydrogens is 368 g/mol. The number of fused-ring (bicyclic) bond motifs is 1. The van der Waals surface area contributed by atoms with Crippen molar-refractivity contribution in [3.05, 3.63) is 30.2 Å². The fourth-order valence-electron chi connectivity index (χ4n) is 4.60. The second-order valence-corrected chi connectivity index (χ2v) is 8.06. The van der Waals surface area contributed by atoms with Crippen LogP contribution in [0.25, 0.3) is 22.7 Å². The molecule has 3 aromatic rings. The van der Waals surface area contributed by atoms with Gasteiger partial charge in [-0.1, -0.05) is 5.16 Å². The summed E-state index contributed by atoms with van der Waals surface area (Å²) in [5.74, 6) is 2.05. The van der Waals surface area contributed by atoms with Crippen LogP contribution in [0.3, 0.4) is 0 Å². The van der Waals surface area contributed by atoms with Gasteiger partial charge in [0.15, 0.2) is 11.5 Å². The third-order valence-corrected chi connectivity index (χ3v) is 6.14. The molecule has 0 spiro atoms. The van der Waals surface area contributed by atoms with Crippen molar-refractivity contribution < 1.29 is 9.32 Å². The number of rotatable bonds is 3. The van der Waals surface area contributed by atoms with Crippen molar-refractivity contribution >= 4 is 17.1 Å². The maximum Gasteiger partial charge on any atom is 0.225 e. The van der Waals surface area contributed by atoms with Gasteiger partial charge in [-0.25, -0.2) is 9.97 Å². The smallest absolute Gasteiger partial charge is 0.225 e. The van der Waals surface area contributed by atoms with Gasteiger partial charge >= 0.3 is 0 Å². The number of aromatic nitrogens is 4. The molecule has 0 bridgehead atoms. The molecule has 2 saturated heterocycles. The van der Waals surface area contributed by atoms with Gasteiger partial charge in [0.25, 0.3) is 0 Å². The summed E-state index contributed by atoms with van der Waals surface area (Å²) >= 11 is 0. The minimum atomic E-state index is 0.178. The molecule has 0 aliphatic carbocycles. The molecule has 2 aliphatic heterocycles. The molecule has 2 aliphatic rings. The monoisotopic (exact) mass is 394 g/mol. The number of piperidine rings is 2. The van der Waals surface area contributed by atoms with Crippen LogP contribution in [-0.4, -0.2) is 56.7 Å². The molecule has 5 rings (SSSR count). The van der Waals surface area contributed by atoms with E-state index >= 15 is 0 Å². The van der Waals surface area contributed by atoms with Gasteiger partial charge in [0.05, 0.1) is 0 Å². The number of nitrogens with zero attached hydrogens (tertiary/aromatic N) is 5. The van der Waals surface area contributed by atoms with Crippen molar-refractivity contribution in [3.8, 4) is 11.5 Å². The fraction of sp³-hybridized carbons (Fsp3) is 0.524. The normalized spacial score (nSPS) is 19.1. The van der Waals surface area contributed by atoms with Crippen LogP contribution in [0.5, 0.6) is 0 Å². The highest BCUT2D eigenvalue weighted by Gasteiger charge is 2.31. The highest BCUT2D eigenvalue weighted by molar-refractivity contribution is 5.79. The average Bonchev–Trinajstić information content (AvgIpc) is 3.37. The Morgan fingerprint density at radius 3 is 2.72 bits per heavy atom. The largest absolute Gasteiger partial charge is 0.361 e. The molecular formula is C21H26N6O2. The minimum Gasteiger partial charge on any atom is -0.361 e. The van der Waals surface area contributed by atoms with Gasteiger partial charge in [-0.05, 0) is 57.8 Å². The first-order valence-corrected chi connectivity index (χ1v) is 10.5. The summed E-state index contributed by atoms with van der Waals surface area (Å²) in [5, 5.41) is 7.52. The molecule has 1 amide bonds. The lowest BCUT2D eigenvalue weighted by Gasteiger charge is -2.36. The zero-order chi connectivity index (χ0) is 19.8. The molecule has 0 radical (unpaired) electrons. The number of likely N-dealkylation sites (tertiary alicyclic amines) is 1. The van der Waals surface area contributed by atoms with E-state index in [1.807, 2.05) is 25.1 Å². The van der Waals surface area contributed by atoms with E-state index in [1.54, 1.807) is 6.20 Å². The van der Waals surface area contributed by atoms with Gasteiger partial charge < -0.3 is 19.3 Å². The number of imidazole rings is 1. The number of amides is 1. The van der Waals surface area contributed by atoms with Crippen molar-refractivity contribution in [2.75, 3.05) is 26.2 Å². The molecule has 152 valence electrons. The summed E-state index contributed by atoms with van der Waals surface area (Å²) in [6.45, 7) is 5.32. The number of carbonyl (C=O) groups excluding carboxylic acids is 1. The van der Waals surface area contributed by atoms with E-state index in [2.05, 4.69) is 24.9 Å². The summed E-state index contributed by atoms with van der Waals surface area (Å²) < 4.78 is 7.48. The van der Waals surface area contributed by atoms with Crippen LogP contribution in [0.4, 0.5) is 0 Å². The number of carbonyl (C=O) groups is 1. The zero-order valence-corrected chi connectivity index (χ0v) is 16.7. The van der Waals surface area contributed by atoms with Crippen LogP contribution in [0.2, 0.25) is 0 Å². The summed E-state index contributed by atoms with van der Waals surface area (Å²) in [4.78, 5) is 24.3. The number of pyridine rings is 1. The molecule has 2 fully saturated rings. The molecule has 8 nitrogen and oxygen atoms in total. The topological polar surface area (TPSA) is 89.1 Å². The summed E-state index contributed by atoms with van der Waals surface area (Å²) in [6, 6.07) is 6.02. The van der Waals surface area contributed by atoms with Crippen LogP contribution in [0.15, 0.2) is 28.9 Å². The van der Waals surface area contributed by atoms with Crippen LogP contribution < -0.4 is 5.32 Å². The van der Waals surface area contributed by atoms with Gasteiger partial charge in [-0.2, -0.15) is 0 Å². The number of aryl methyl sites for hydroxylation is 1. The second-order valence-electron chi connectivity index (χ2n) is 8.06. The predicted octanol–water partition coefficient (Wildman–Crippen LogP) is 2.56. The Morgan fingerprint density at radius 2 is 2.00 bits per heavy atom. The van der Waals surface area contributed by atoms with E-state index in [0.717, 1.165) is 80.3 Å². The molecule has 1 N–H and O–H groups in total. The lowest BCUT2D eigenvalue weighted by molar-refractivity contribution is -0.137. The number of hydrogen-bond acceptors (Lipinski definition) is 6. The first kappa shape index (κ1) is 18.3. The van der Waals surface area contributed by atoms with Crippen LogP contribution in [0, 0.1) is 12.8 Å². The van der Waals surface area contributed by atoms with Crippen LogP contribution in [0.1, 0.15) is 37.5 Å². The quantitative estimate of drug-likeness (QED) is 0.734. The zero-order valence-electron chi connectivity index (χ0n) is 16.7. The minimum absolute atomic E-state index is 0.178. The Bertz CT molecular complexity index is 1010. The number of hydrogen-bond donors (Lipinski definition) is 1. The average molecular weight is 394 g/mol. The second kappa shape index (κ2) is 7.59. The molecule has 5 heterocycles. The molecule has 0 aromatic carbocycles. The molecule has 0 unspecified atom stereocenters. The SMILES string of the molecule is Cc1cc(-c2nc3cccnc3n2C2CCN(C(=O)C3CCNCC3)CC2)no1. The lowest BCUT2D eigenvalue weighted by Crippen LogP contribution is -2.44. The molecule has 0 saturated carbocycles. The third-order valence-electron chi connectivity index (χ3n) is 6.14. The van der Waals surface area contributed by atoms with Crippen molar-refractivity contribution in [1.82, 2.24) is 29.9 Å². The number of nitrogens with one attached hydrogen (secondary N) is 1. The van der Waals surface area contributed by atoms with Gasteiger partial charge in [0, 0.05) is 37.3 Å². The Morgan fingerprint density at radius 1 is 1.21 bits per heavy atom. The molecule has 3 aromatic heterocycles. The van der Waals surface area contributed by atoms with Crippen molar-refractivity contribution in [3.63, 3.8) is 0 Å². The maximum atomic E-state index is 12.9. The Balaban J connectivity index is 1.40. The lowest BCUT2D eigenvalue weighted by atomic mass is 9.95. The predicted molar refractivity (Wildman–Crippen MR) is 108 cm³/mol. The molecule has 8 heteroatoms. The Kier molecular flexibility index (Phi) is 4.79. The van der Waals surface area contributed by atoms with Crippen molar-refractivity contribution in [2.24, 2.45) is 5.92 Å². The maximum absolute atomic E-state index is 12.9. The summed E-state index contributed by atoms with van der Waals surface area (Å²) in [6.07, 6.45) is 5.48. The third kappa shape index (κ3) is 3.42. The first-order valence-electron chi connectivity index (χ1n) is 10.5. The van der Waals surface area contributed by atoms with E-state index in [0.29, 0.717) is 5.91 Å². The summed E-state index contributed by atoms with van der Waals surface area (Å²) in [5.41, 5.74) is 2.45. The van der Waals surface area contributed by atoms with E-state index in [9.17, 15) is 4.79 Å². The van der Waals surface area contributed by atoms with E-state index in [-0.39, 0.29) is 12.0 Å². The molecule has 29 heavy (non-hydrogen) atoms. The first-order chi connectivity index (χ1) is 14.2. The van der Waals surface area contributed by atoms with Crippen molar-refractivity contribution in [2.45, 2.75) is 38.6 Å². The highest BCUT2D eigenvalue weighted by atomic mass is 16.5. The van der Waals surface area contributed by atoms with Gasteiger partial charge in [-0.3, -0.25) is 4.79 Å². The van der Waals surface area contributed by atoms with Gasteiger partial charge in [0.2, 0.25) is 5.91 Å².